The van der Waals surface area contributed by atoms with Crippen LogP contribution < -0.4 is 19.2 Å². The topological polar surface area (TPSA) is 132 Å². The Labute approximate surface area is 246 Å². The number of benzene rings is 3. The Morgan fingerprint density at radius 2 is 1.80 bits per heavy atom. The van der Waals surface area contributed by atoms with Gasteiger partial charge in [0.25, 0.3) is 5.69 Å². The number of aromatic nitrogens is 1. The maximum atomic E-state index is 13.9. The summed E-state index contributed by atoms with van der Waals surface area (Å²) in [6, 6.07) is 17.9. The predicted molar refractivity (Wildman–Crippen MR) is 154 cm³/mol. The fraction of sp³-hybridized carbons (Fsp3) is 0.179. The summed E-state index contributed by atoms with van der Waals surface area (Å²) in [7, 11) is 1.51. The number of amides is 2. The van der Waals surface area contributed by atoms with Crippen molar-refractivity contribution < 1.29 is 24.0 Å². The van der Waals surface area contributed by atoms with E-state index < -0.39 is 33.8 Å². The second-order valence-electron chi connectivity index (χ2n) is 9.36. The van der Waals surface area contributed by atoms with Crippen molar-refractivity contribution >= 4 is 57.9 Å². The molecule has 2 unspecified atom stereocenters. The van der Waals surface area contributed by atoms with Crippen LogP contribution in [0.3, 0.4) is 0 Å². The van der Waals surface area contributed by atoms with Gasteiger partial charge >= 0.3 is 4.87 Å². The predicted octanol–water partition coefficient (Wildman–Crippen LogP) is 5.38. The van der Waals surface area contributed by atoms with Gasteiger partial charge in [0.05, 0.1) is 28.7 Å². The van der Waals surface area contributed by atoms with Gasteiger partial charge in [0.15, 0.2) is 11.5 Å². The molecule has 1 aromatic heterocycles. The Morgan fingerprint density at radius 3 is 2.51 bits per heavy atom. The lowest BCUT2D eigenvalue weighted by Gasteiger charge is -2.30. The number of rotatable bonds is 7. The number of nitro benzene ring substituents is 1. The van der Waals surface area contributed by atoms with Crippen molar-refractivity contribution in [1.82, 2.24) is 4.98 Å². The molecule has 2 amide bonds. The van der Waals surface area contributed by atoms with Gasteiger partial charge in [-0.2, -0.15) is 0 Å². The van der Waals surface area contributed by atoms with Crippen LogP contribution in [0.25, 0.3) is 0 Å². The number of non-ortho nitro benzene ring substituents is 1. The Bertz CT molecular complexity index is 1750. The molecular weight excluding hydrogens is 590 g/mol. The fourth-order valence-electron chi connectivity index (χ4n) is 5.14. The molecule has 0 spiro atoms. The van der Waals surface area contributed by atoms with Crippen molar-refractivity contribution in [1.29, 1.82) is 0 Å². The number of nitro groups is 1. The number of imide groups is 1. The highest BCUT2D eigenvalue weighted by molar-refractivity contribution is 8.00. The van der Waals surface area contributed by atoms with Crippen molar-refractivity contribution in [2.24, 2.45) is 5.92 Å². The monoisotopic (exact) mass is 609 g/mol. The average molecular weight is 610 g/mol. The molecular formula is C28H20ClN3O7S2. The Hall–Kier alpha value is -4.13. The largest absolute Gasteiger partial charge is 0.493 e. The number of carbonyl (C=O) groups excluding carboxylic acids is 2. The van der Waals surface area contributed by atoms with Gasteiger partial charge in [-0.05, 0) is 47.5 Å². The van der Waals surface area contributed by atoms with E-state index in [2.05, 4.69) is 4.98 Å². The van der Waals surface area contributed by atoms with Crippen molar-refractivity contribution in [2.45, 2.75) is 22.8 Å². The van der Waals surface area contributed by atoms with E-state index >= 15 is 0 Å². The zero-order chi connectivity index (χ0) is 28.8. The van der Waals surface area contributed by atoms with E-state index in [-0.39, 0.29) is 22.9 Å². The maximum Gasteiger partial charge on any atom is 0.305 e. The molecule has 0 bridgehead atoms. The SMILES string of the molecule is COc1cc([C@H]2c3sc(=O)[nH]c3SC3C(=O)N(c4ccc([N+](=O)[O-])cc4)C(=O)C32)ccc1OCc1cccc(Cl)c1. The molecule has 13 heteroatoms. The second-order valence-corrected chi connectivity index (χ2v) is 12.0. The van der Waals surface area contributed by atoms with Gasteiger partial charge in [-0.25, -0.2) is 4.90 Å². The summed E-state index contributed by atoms with van der Waals surface area (Å²) < 4.78 is 11.6. The van der Waals surface area contributed by atoms with Crippen LogP contribution in [0.5, 0.6) is 11.5 Å². The van der Waals surface area contributed by atoms with Crippen LogP contribution in [0.4, 0.5) is 11.4 Å². The molecule has 0 radical (unpaired) electrons. The maximum absolute atomic E-state index is 13.9. The number of H-pyrrole nitrogens is 1. The lowest BCUT2D eigenvalue weighted by atomic mass is 9.83. The van der Waals surface area contributed by atoms with Crippen LogP contribution in [0, 0.1) is 16.0 Å². The molecule has 6 rings (SSSR count). The number of nitrogens with zero attached hydrogens (tertiary/aromatic N) is 2. The summed E-state index contributed by atoms with van der Waals surface area (Å²) in [5.41, 5.74) is 1.65. The highest BCUT2D eigenvalue weighted by atomic mass is 35.5. The Morgan fingerprint density at radius 1 is 1.02 bits per heavy atom. The van der Waals surface area contributed by atoms with Crippen molar-refractivity contribution in [2.75, 3.05) is 12.0 Å². The second kappa shape index (κ2) is 10.7. The highest BCUT2D eigenvalue weighted by Crippen LogP contribution is 2.53. The number of fused-ring (bicyclic) bond motifs is 2. The highest BCUT2D eigenvalue weighted by Gasteiger charge is 2.56. The van der Waals surface area contributed by atoms with E-state index in [9.17, 15) is 24.5 Å². The zero-order valence-corrected chi connectivity index (χ0v) is 23.6. The molecule has 1 N–H and O–H groups in total. The van der Waals surface area contributed by atoms with Gasteiger partial charge in [0, 0.05) is 28.0 Å². The average Bonchev–Trinajstić information content (AvgIpc) is 3.46. The number of ether oxygens (including phenoxy) is 2. The normalized spacial score (nSPS) is 19.6. The molecule has 4 aromatic rings. The lowest BCUT2D eigenvalue weighted by Crippen LogP contribution is -2.32. The van der Waals surface area contributed by atoms with Crippen LogP contribution in [0.1, 0.15) is 21.9 Å². The number of thioether (sulfide) groups is 1. The molecule has 1 saturated heterocycles. The smallest absolute Gasteiger partial charge is 0.305 e. The van der Waals surface area contributed by atoms with Crippen molar-refractivity contribution in [3.8, 4) is 11.5 Å². The molecule has 10 nitrogen and oxygen atoms in total. The van der Waals surface area contributed by atoms with Crippen molar-refractivity contribution in [3.63, 3.8) is 0 Å². The first-order chi connectivity index (χ1) is 19.7. The molecule has 2 aliphatic rings. The molecule has 3 atom stereocenters. The first kappa shape index (κ1) is 27.1. The summed E-state index contributed by atoms with van der Waals surface area (Å²) in [4.78, 5) is 54.6. The number of aromatic amines is 1. The minimum atomic E-state index is -0.815. The number of anilines is 1. The van der Waals surface area contributed by atoms with Crippen LogP contribution in [-0.2, 0) is 16.2 Å². The zero-order valence-electron chi connectivity index (χ0n) is 21.2. The van der Waals surface area contributed by atoms with Crippen LogP contribution >= 0.6 is 34.7 Å². The van der Waals surface area contributed by atoms with Gasteiger partial charge in [0.1, 0.15) is 11.9 Å². The summed E-state index contributed by atoms with van der Waals surface area (Å²) in [5.74, 6) is -1.43. The van der Waals surface area contributed by atoms with Gasteiger partial charge in [0.2, 0.25) is 11.8 Å². The van der Waals surface area contributed by atoms with Gasteiger partial charge < -0.3 is 14.5 Å². The molecule has 208 valence electrons. The molecule has 3 aromatic carbocycles. The third-order valence-electron chi connectivity index (χ3n) is 6.97. The van der Waals surface area contributed by atoms with E-state index in [0.29, 0.717) is 32.0 Å². The third-order valence-corrected chi connectivity index (χ3v) is 9.61. The summed E-state index contributed by atoms with van der Waals surface area (Å²) in [5, 5.41) is 11.4. The first-order valence-electron chi connectivity index (χ1n) is 12.3. The van der Waals surface area contributed by atoms with Gasteiger partial charge in [-0.1, -0.05) is 52.9 Å². The molecule has 3 heterocycles. The molecule has 41 heavy (non-hydrogen) atoms. The van der Waals surface area contributed by atoms with Crippen LogP contribution in [0.15, 0.2) is 76.6 Å². The first-order valence-corrected chi connectivity index (χ1v) is 14.4. The van der Waals surface area contributed by atoms with Crippen molar-refractivity contribution in [3.05, 3.63) is 108 Å². The van der Waals surface area contributed by atoms with Crippen LogP contribution in [-0.4, -0.2) is 34.1 Å². The van der Waals surface area contributed by atoms with E-state index in [1.165, 1.54) is 31.4 Å². The van der Waals surface area contributed by atoms with Gasteiger partial charge in [-0.3, -0.25) is 24.5 Å². The summed E-state index contributed by atoms with van der Waals surface area (Å²) in [6.07, 6.45) is 0. The fourth-order valence-corrected chi connectivity index (χ4v) is 7.87. The molecule has 0 aliphatic carbocycles. The molecule has 2 aliphatic heterocycles. The number of carbonyl (C=O) groups is 2. The van der Waals surface area contributed by atoms with E-state index in [1.54, 1.807) is 30.3 Å². The Kier molecular flexibility index (Phi) is 7.06. The minimum absolute atomic E-state index is 0.151. The van der Waals surface area contributed by atoms with E-state index in [4.69, 9.17) is 21.1 Å². The van der Waals surface area contributed by atoms with Crippen LogP contribution in [0.2, 0.25) is 5.02 Å². The number of hydrogen-bond donors (Lipinski definition) is 1. The standard InChI is InChI=1S/C28H20ClN3O7S2/c1-38-20-12-15(5-10-19(20)39-13-14-3-2-4-16(29)11-14)21-22-24(40-25-23(21)41-28(35)30-25)27(34)31(26(22)33)17-6-8-18(9-7-17)32(36)37/h2-12,21-22,24H,13H2,1H3,(H,30,35)/t21-,22?,24?/m1/s1. The third kappa shape index (κ3) is 4.88. The van der Waals surface area contributed by atoms with Gasteiger partial charge in [-0.15, -0.1) is 0 Å². The summed E-state index contributed by atoms with van der Waals surface area (Å²) >= 11 is 8.24. The quantitative estimate of drug-likeness (QED) is 0.168. The summed E-state index contributed by atoms with van der Waals surface area (Å²) in [6.45, 7) is 0.252. The number of methoxy groups -OCH3 is 1. The molecule has 1 fully saturated rings. The number of nitrogens with one attached hydrogen (secondary N) is 1. The molecule has 0 saturated carbocycles. The lowest BCUT2D eigenvalue weighted by molar-refractivity contribution is -0.384. The number of thiazole rings is 1. The minimum Gasteiger partial charge on any atom is -0.493 e. The number of halogens is 1. The number of hydrogen-bond acceptors (Lipinski definition) is 9. The Balaban J connectivity index is 1.36. The van der Waals surface area contributed by atoms with E-state index in [0.717, 1.165) is 33.6 Å². The van der Waals surface area contributed by atoms with E-state index in [1.807, 2.05) is 12.1 Å².